The second-order valence-electron chi connectivity index (χ2n) is 3.29. The van der Waals surface area contributed by atoms with E-state index in [0.717, 1.165) is 0 Å². The van der Waals surface area contributed by atoms with Crippen molar-refractivity contribution >= 4 is 17.4 Å². The molecule has 0 saturated carbocycles. The minimum absolute atomic E-state index is 0.154. The molecule has 17 heavy (non-hydrogen) atoms. The Labute approximate surface area is 96.5 Å². The fourth-order valence-electron chi connectivity index (χ4n) is 1.22. The van der Waals surface area contributed by atoms with Crippen LogP contribution in [0.1, 0.15) is 10.5 Å². The highest BCUT2D eigenvalue weighted by Gasteiger charge is 2.08. The molecule has 1 amide bonds. The SMILES string of the molecule is Nc1cc(C(=O)Nc2ccc(F)cc2)ncn1. The van der Waals surface area contributed by atoms with Gasteiger partial charge in [0.2, 0.25) is 0 Å². The standard InChI is InChI=1S/C11H9FN4O/c12-7-1-3-8(4-2-7)16-11(17)9-5-10(13)15-6-14-9/h1-6H,(H,16,17)(H2,13,14,15). The molecule has 2 aromatic rings. The summed E-state index contributed by atoms with van der Waals surface area (Å²) in [5.74, 6) is -0.579. The zero-order valence-corrected chi connectivity index (χ0v) is 8.72. The highest BCUT2D eigenvalue weighted by molar-refractivity contribution is 6.03. The smallest absolute Gasteiger partial charge is 0.274 e. The van der Waals surface area contributed by atoms with E-state index in [2.05, 4.69) is 15.3 Å². The first-order valence-corrected chi connectivity index (χ1v) is 4.79. The molecule has 0 saturated heterocycles. The molecule has 0 radical (unpaired) electrons. The Kier molecular flexibility index (Phi) is 2.95. The first-order chi connectivity index (χ1) is 8.15. The normalized spacial score (nSPS) is 9.94. The topological polar surface area (TPSA) is 80.9 Å². The van der Waals surface area contributed by atoms with Crippen molar-refractivity contribution in [3.63, 3.8) is 0 Å². The van der Waals surface area contributed by atoms with E-state index in [1.54, 1.807) is 0 Å². The summed E-state index contributed by atoms with van der Waals surface area (Å²) < 4.78 is 12.7. The third-order valence-corrected chi connectivity index (χ3v) is 2.02. The number of hydrogen-bond donors (Lipinski definition) is 2. The van der Waals surface area contributed by atoms with Crippen LogP contribution in [0.4, 0.5) is 15.9 Å². The van der Waals surface area contributed by atoms with Crippen molar-refractivity contribution in [2.24, 2.45) is 0 Å². The molecule has 0 fully saturated rings. The van der Waals surface area contributed by atoms with Crippen LogP contribution in [0.2, 0.25) is 0 Å². The fraction of sp³-hybridized carbons (Fsp3) is 0. The molecule has 1 heterocycles. The van der Waals surface area contributed by atoms with E-state index in [4.69, 9.17) is 5.73 Å². The van der Waals surface area contributed by atoms with Gasteiger partial charge < -0.3 is 11.1 Å². The zero-order valence-electron chi connectivity index (χ0n) is 8.72. The molecule has 3 N–H and O–H groups in total. The highest BCUT2D eigenvalue weighted by atomic mass is 19.1. The molecule has 0 aliphatic rings. The predicted molar refractivity (Wildman–Crippen MR) is 60.8 cm³/mol. The lowest BCUT2D eigenvalue weighted by Crippen LogP contribution is -2.14. The van der Waals surface area contributed by atoms with Crippen LogP contribution in [0.25, 0.3) is 0 Å². The second kappa shape index (κ2) is 4.56. The van der Waals surface area contributed by atoms with Crippen LogP contribution in [0.5, 0.6) is 0 Å². The molecule has 86 valence electrons. The van der Waals surface area contributed by atoms with Crippen molar-refractivity contribution in [3.05, 3.63) is 48.2 Å². The Bertz CT molecular complexity index is 541. The first-order valence-electron chi connectivity index (χ1n) is 4.79. The summed E-state index contributed by atoms with van der Waals surface area (Å²) in [4.78, 5) is 19.2. The number of nitrogens with one attached hydrogen (secondary N) is 1. The monoisotopic (exact) mass is 232 g/mol. The van der Waals surface area contributed by atoms with Gasteiger partial charge in [-0.05, 0) is 24.3 Å². The summed E-state index contributed by atoms with van der Waals surface area (Å²) in [5, 5.41) is 2.56. The van der Waals surface area contributed by atoms with Gasteiger partial charge in [0.1, 0.15) is 23.7 Å². The van der Waals surface area contributed by atoms with Crippen LogP contribution in [-0.4, -0.2) is 15.9 Å². The maximum atomic E-state index is 12.7. The van der Waals surface area contributed by atoms with Gasteiger partial charge in [-0.1, -0.05) is 0 Å². The van der Waals surface area contributed by atoms with Crippen molar-refractivity contribution < 1.29 is 9.18 Å². The molecule has 0 aliphatic heterocycles. The van der Waals surface area contributed by atoms with Crippen molar-refractivity contribution in [2.75, 3.05) is 11.1 Å². The number of aromatic nitrogens is 2. The molecule has 1 aromatic carbocycles. The number of carbonyl (C=O) groups is 1. The van der Waals surface area contributed by atoms with Gasteiger partial charge in [-0.25, -0.2) is 14.4 Å². The Morgan fingerprint density at radius 1 is 1.24 bits per heavy atom. The van der Waals surface area contributed by atoms with Gasteiger partial charge in [0, 0.05) is 11.8 Å². The summed E-state index contributed by atoms with van der Waals surface area (Å²) in [6.45, 7) is 0. The average molecular weight is 232 g/mol. The third kappa shape index (κ3) is 2.75. The number of anilines is 2. The van der Waals surface area contributed by atoms with Crippen LogP contribution < -0.4 is 11.1 Å². The maximum absolute atomic E-state index is 12.7. The van der Waals surface area contributed by atoms with Gasteiger partial charge in [0.15, 0.2) is 0 Å². The molecule has 0 aliphatic carbocycles. The van der Waals surface area contributed by atoms with Gasteiger partial charge in [-0.2, -0.15) is 0 Å². The Hall–Kier alpha value is -2.50. The van der Waals surface area contributed by atoms with Crippen molar-refractivity contribution in [2.45, 2.75) is 0 Å². The Balaban J connectivity index is 2.14. The zero-order chi connectivity index (χ0) is 12.3. The van der Waals surface area contributed by atoms with E-state index in [1.165, 1.54) is 36.7 Å². The molecular formula is C11H9FN4O. The van der Waals surface area contributed by atoms with E-state index in [9.17, 15) is 9.18 Å². The van der Waals surface area contributed by atoms with E-state index >= 15 is 0 Å². The highest BCUT2D eigenvalue weighted by Crippen LogP contribution is 2.10. The molecular weight excluding hydrogens is 223 g/mol. The molecule has 6 heteroatoms. The molecule has 0 atom stereocenters. The maximum Gasteiger partial charge on any atom is 0.274 e. The fourth-order valence-corrected chi connectivity index (χ4v) is 1.22. The molecule has 0 unspecified atom stereocenters. The summed E-state index contributed by atoms with van der Waals surface area (Å²) in [6.07, 6.45) is 1.20. The minimum Gasteiger partial charge on any atom is -0.384 e. The molecule has 5 nitrogen and oxygen atoms in total. The van der Waals surface area contributed by atoms with Crippen molar-refractivity contribution in [1.29, 1.82) is 0 Å². The summed E-state index contributed by atoms with van der Waals surface area (Å²) in [7, 11) is 0. The molecule has 0 spiro atoms. The molecule has 0 bridgehead atoms. The predicted octanol–water partition coefficient (Wildman–Crippen LogP) is 1.45. The lowest BCUT2D eigenvalue weighted by atomic mass is 10.3. The minimum atomic E-state index is -0.425. The van der Waals surface area contributed by atoms with E-state index in [0.29, 0.717) is 5.69 Å². The van der Waals surface area contributed by atoms with Gasteiger partial charge in [0.05, 0.1) is 0 Å². The van der Waals surface area contributed by atoms with Crippen LogP contribution in [0.15, 0.2) is 36.7 Å². The number of nitrogens with two attached hydrogens (primary N) is 1. The summed E-state index contributed by atoms with van der Waals surface area (Å²) in [6, 6.07) is 6.78. The average Bonchev–Trinajstić information content (AvgIpc) is 2.32. The second-order valence-corrected chi connectivity index (χ2v) is 3.29. The number of amides is 1. The lowest BCUT2D eigenvalue weighted by molar-refractivity contribution is 0.102. The quantitative estimate of drug-likeness (QED) is 0.821. The number of rotatable bonds is 2. The van der Waals surface area contributed by atoms with Gasteiger partial charge >= 0.3 is 0 Å². The number of nitrogens with zero attached hydrogens (tertiary/aromatic N) is 2. The van der Waals surface area contributed by atoms with Crippen molar-refractivity contribution in [1.82, 2.24) is 9.97 Å². The third-order valence-electron chi connectivity index (χ3n) is 2.02. The van der Waals surface area contributed by atoms with Crippen molar-refractivity contribution in [3.8, 4) is 0 Å². The van der Waals surface area contributed by atoms with Crippen LogP contribution in [-0.2, 0) is 0 Å². The number of hydrogen-bond acceptors (Lipinski definition) is 4. The van der Waals surface area contributed by atoms with Gasteiger partial charge in [-0.3, -0.25) is 4.79 Å². The Morgan fingerprint density at radius 3 is 2.59 bits per heavy atom. The van der Waals surface area contributed by atoms with Gasteiger partial charge in [-0.15, -0.1) is 0 Å². The molecule has 1 aromatic heterocycles. The van der Waals surface area contributed by atoms with Gasteiger partial charge in [0.25, 0.3) is 5.91 Å². The number of carbonyl (C=O) groups excluding carboxylic acids is 1. The van der Waals surface area contributed by atoms with Crippen LogP contribution >= 0.6 is 0 Å². The summed E-state index contributed by atoms with van der Waals surface area (Å²) >= 11 is 0. The van der Waals surface area contributed by atoms with E-state index in [1.807, 2.05) is 0 Å². The van der Waals surface area contributed by atoms with E-state index < -0.39 is 5.91 Å². The number of benzene rings is 1. The molecule has 2 rings (SSSR count). The lowest BCUT2D eigenvalue weighted by Gasteiger charge is -2.04. The number of halogens is 1. The number of nitrogen functional groups attached to an aromatic ring is 1. The van der Waals surface area contributed by atoms with Crippen LogP contribution in [0.3, 0.4) is 0 Å². The summed E-state index contributed by atoms with van der Waals surface area (Å²) in [5.41, 5.74) is 6.06. The Morgan fingerprint density at radius 2 is 1.94 bits per heavy atom. The van der Waals surface area contributed by atoms with E-state index in [-0.39, 0.29) is 17.3 Å². The largest absolute Gasteiger partial charge is 0.384 e. The first kappa shape index (κ1) is 11.0. The van der Waals surface area contributed by atoms with Crippen LogP contribution in [0, 0.1) is 5.82 Å².